The highest BCUT2D eigenvalue weighted by molar-refractivity contribution is 5.37. The Morgan fingerprint density at radius 2 is 2.21 bits per heavy atom. The molecule has 0 unspecified atom stereocenters. The first-order chi connectivity index (χ1) is 6.70. The van der Waals surface area contributed by atoms with E-state index in [1.165, 1.54) is 9.36 Å². The Morgan fingerprint density at radius 3 is 2.79 bits per heavy atom. The number of hydrogen-bond acceptors (Lipinski definition) is 3. The van der Waals surface area contributed by atoms with Gasteiger partial charge in [-0.25, -0.2) is 4.79 Å². The molecule has 0 aliphatic carbocycles. The van der Waals surface area contributed by atoms with E-state index in [4.69, 9.17) is 0 Å². The first-order valence-corrected chi connectivity index (χ1v) is 4.17. The summed E-state index contributed by atoms with van der Waals surface area (Å²) in [5.41, 5.74) is 1.33. The van der Waals surface area contributed by atoms with Crippen LogP contribution in [-0.4, -0.2) is 19.8 Å². The summed E-state index contributed by atoms with van der Waals surface area (Å²) in [5.74, 6) is 0. The van der Waals surface area contributed by atoms with Gasteiger partial charge < -0.3 is 0 Å². The third-order valence-corrected chi connectivity index (χ3v) is 1.98. The Labute approximate surface area is 80.6 Å². The van der Waals surface area contributed by atoms with Crippen LogP contribution < -0.4 is 5.69 Å². The average molecular weight is 189 g/mol. The molecule has 71 valence electrons. The number of aromatic nitrogens is 4. The van der Waals surface area contributed by atoms with Gasteiger partial charge in [-0.1, -0.05) is 12.1 Å². The van der Waals surface area contributed by atoms with Crippen molar-refractivity contribution in [2.75, 3.05) is 0 Å². The van der Waals surface area contributed by atoms with Gasteiger partial charge in [0.1, 0.15) is 0 Å². The fraction of sp³-hybridized carbons (Fsp3) is 0.222. The zero-order valence-corrected chi connectivity index (χ0v) is 7.93. The zero-order valence-electron chi connectivity index (χ0n) is 7.93. The van der Waals surface area contributed by atoms with E-state index in [0.717, 1.165) is 5.56 Å². The van der Waals surface area contributed by atoms with Crippen LogP contribution in [0.3, 0.4) is 0 Å². The average Bonchev–Trinajstić information content (AvgIpc) is 2.49. The number of nitrogens with zero attached hydrogens (tertiary/aromatic N) is 4. The summed E-state index contributed by atoms with van der Waals surface area (Å²) in [6.07, 6.45) is 0. The van der Waals surface area contributed by atoms with E-state index in [9.17, 15) is 4.79 Å². The van der Waals surface area contributed by atoms with E-state index in [2.05, 4.69) is 16.5 Å². The van der Waals surface area contributed by atoms with Crippen LogP contribution in [0.4, 0.5) is 0 Å². The highest BCUT2D eigenvalue weighted by Gasteiger charge is 2.07. The van der Waals surface area contributed by atoms with Crippen LogP contribution in [-0.2, 0) is 7.05 Å². The van der Waals surface area contributed by atoms with Gasteiger partial charge in [0.25, 0.3) is 0 Å². The quantitative estimate of drug-likeness (QED) is 0.638. The maximum absolute atomic E-state index is 11.5. The number of benzene rings is 1. The molecular formula is C9H9N4O. The minimum absolute atomic E-state index is 0.257. The molecule has 0 atom stereocenters. The molecule has 0 saturated heterocycles. The van der Waals surface area contributed by atoms with Crippen LogP contribution in [0.15, 0.2) is 23.0 Å². The molecule has 5 heteroatoms. The summed E-state index contributed by atoms with van der Waals surface area (Å²) in [5, 5.41) is 7.38. The first-order valence-electron chi connectivity index (χ1n) is 4.17. The van der Waals surface area contributed by atoms with E-state index in [1.807, 2.05) is 19.1 Å². The van der Waals surface area contributed by atoms with Crippen molar-refractivity contribution in [1.82, 2.24) is 19.8 Å². The molecule has 0 bridgehead atoms. The Kier molecular flexibility index (Phi) is 1.92. The SMILES string of the molecule is Cc1[c]cccc1-n1nnn(C)c1=O. The molecule has 1 aromatic heterocycles. The molecule has 1 radical (unpaired) electrons. The maximum atomic E-state index is 11.5. The maximum Gasteiger partial charge on any atom is 0.368 e. The van der Waals surface area contributed by atoms with Crippen molar-refractivity contribution in [2.45, 2.75) is 6.92 Å². The van der Waals surface area contributed by atoms with Crippen molar-refractivity contribution < 1.29 is 0 Å². The Bertz CT molecular complexity index is 512. The molecule has 0 aliphatic heterocycles. The van der Waals surface area contributed by atoms with Crippen molar-refractivity contribution >= 4 is 0 Å². The number of rotatable bonds is 1. The smallest absolute Gasteiger partial charge is 0.244 e. The first kappa shape index (κ1) is 8.68. The Balaban J connectivity index is 2.67. The summed E-state index contributed by atoms with van der Waals surface area (Å²) >= 11 is 0. The van der Waals surface area contributed by atoms with Crippen LogP contribution in [0.2, 0.25) is 0 Å². The van der Waals surface area contributed by atoms with Crippen LogP contribution in [0, 0.1) is 13.0 Å². The standard InChI is InChI=1S/C9H9N4O/c1-7-5-3-4-6-8(7)13-9(14)12(2)10-11-13/h3-4,6H,1-2H3. The van der Waals surface area contributed by atoms with Crippen molar-refractivity contribution in [3.05, 3.63) is 40.3 Å². The van der Waals surface area contributed by atoms with Crippen LogP contribution in [0.5, 0.6) is 0 Å². The highest BCUT2D eigenvalue weighted by atomic mass is 16.2. The van der Waals surface area contributed by atoms with Gasteiger partial charge in [0, 0.05) is 7.05 Å². The van der Waals surface area contributed by atoms with E-state index < -0.39 is 0 Å². The monoisotopic (exact) mass is 189 g/mol. The minimum Gasteiger partial charge on any atom is -0.244 e. The molecule has 0 aliphatic rings. The third kappa shape index (κ3) is 1.22. The van der Waals surface area contributed by atoms with Crippen molar-refractivity contribution in [1.29, 1.82) is 0 Å². The number of tetrazole rings is 1. The van der Waals surface area contributed by atoms with Gasteiger partial charge >= 0.3 is 5.69 Å². The molecule has 0 amide bonds. The lowest BCUT2D eigenvalue weighted by Gasteiger charge is -2.00. The van der Waals surface area contributed by atoms with Gasteiger partial charge in [-0.2, -0.15) is 9.36 Å². The zero-order chi connectivity index (χ0) is 10.1. The lowest BCUT2D eigenvalue weighted by molar-refractivity contribution is 0.692. The number of aryl methyl sites for hydroxylation is 2. The molecule has 0 fully saturated rings. The van der Waals surface area contributed by atoms with Gasteiger partial charge in [-0.3, -0.25) is 0 Å². The van der Waals surface area contributed by atoms with E-state index in [0.29, 0.717) is 5.69 Å². The Hall–Kier alpha value is -1.91. The summed E-state index contributed by atoms with van der Waals surface area (Å²) in [4.78, 5) is 11.5. The molecular weight excluding hydrogens is 180 g/mol. The Morgan fingerprint density at radius 1 is 1.43 bits per heavy atom. The summed E-state index contributed by atoms with van der Waals surface area (Å²) in [7, 11) is 1.56. The highest BCUT2D eigenvalue weighted by Crippen LogP contribution is 2.07. The molecule has 2 aromatic rings. The van der Waals surface area contributed by atoms with Gasteiger partial charge in [-0.05, 0) is 35.0 Å². The van der Waals surface area contributed by atoms with Crippen LogP contribution >= 0.6 is 0 Å². The van der Waals surface area contributed by atoms with Crippen LogP contribution in [0.25, 0.3) is 5.69 Å². The summed E-state index contributed by atoms with van der Waals surface area (Å²) in [6, 6.07) is 8.41. The fourth-order valence-corrected chi connectivity index (χ4v) is 1.21. The molecule has 1 heterocycles. The third-order valence-electron chi connectivity index (χ3n) is 1.98. The van der Waals surface area contributed by atoms with Crippen molar-refractivity contribution in [3.63, 3.8) is 0 Å². The topological polar surface area (TPSA) is 52.7 Å². The van der Waals surface area contributed by atoms with Gasteiger partial charge in [-0.15, -0.1) is 0 Å². The molecule has 0 spiro atoms. The lowest BCUT2D eigenvalue weighted by atomic mass is 10.2. The van der Waals surface area contributed by atoms with Gasteiger partial charge in [0.2, 0.25) is 0 Å². The molecule has 1 aromatic carbocycles. The minimum atomic E-state index is -0.257. The van der Waals surface area contributed by atoms with Crippen LogP contribution in [0.1, 0.15) is 5.56 Å². The molecule has 0 N–H and O–H groups in total. The predicted octanol–water partition coefficient (Wildman–Crippen LogP) is 0.0746. The largest absolute Gasteiger partial charge is 0.368 e. The van der Waals surface area contributed by atoms with Gasteiger partial charge in [0.05, 0.1) is 5.69 Å². The second-order valence-electron chi connectivity index (χ2n) is 2.98. The van der Waals surface area contributed by atoms with E-state index >= 15 is 0 Å². The molecule has 0 saturated carbocycles. The second kappa shape index (κ2) is 3.10. The second-order valence-corrected chi connectivity index (χ2v) is 2.98. The van der Waals surface area contributed by atoms with Crippen molar-refractivity contribution in [3.8, 4) is 5.69 Å². The summed E-state index contributed by atoms with van der Waals surface area (Å²) in [6.45, 7) is 1.87. The molecule has 14 heavy (non-hydrogen) atoms. The molecule has 2 rings (SSSR count). The van der Waals surface area contributed by atoms with E-state index in [1.54, 1.807) is 13.1 Å². The predicted molar refractivity (Wildman–Crippen MR) is 50.2 cm³/mol. The van der Waals surface area contributed by atoms with Gasteiger partial charge in [0.15, 0.2) is 0 Å². The normalized spacial score (nSPS) is 10.4. The summed E-state index contributed by atoms with van der Waals surface area (Å²) < 4.78 is 2.44. The molecule has 5 nitrogen and oxygen atoms in total. The fourth-order valence-electron chi connectivity index (χ4n) is 1.21. The van der Waals surface area contributed by atoms with Crippen molar-refractivity contribution in [2.24, 2.45) is 7.05 Å². The van der Waals surface area contributed by atoms with E-state index in [-0.39, 0.29) is 5.69 Å². The number of hydrogen-bond donors (Lipinski definition) is 0. The lowest BCUT2D eigenvalue weighted by Crippen LogP contribution is -2.22.